The first-order chi connectivity index (χ1) is 28.7. The van der Waals surface area contributed by atoms with Gasteiger partial charge in [-0.15, -0.1) is 0 Å². The Bertz CT molecular complexity index is 2220. The van der Waals surface area contributed by atoms with Crippen LogP contribution in [0.25, 0.3) is 0 Å². The Morgan fingerprint density at radius 3 is 2.28 bits per heavy atom. The summed E-state index contributed by atoms with van der Waals surface area (Å²) in [5, 5.41) is 8.10. The predicted molar refractivity (Wildman–Crippen MR) is 224 cm³/mol. The van der Waals surface area contributed by atoms with Gasteiger partial charge in [-0.25, -0.2) is 8.42 Å². The summed E-state index contributed by atoms with van der Waals surface area (Å²) in [5.74, 6) is -2.47. The molecule has 3 aliphatic heterocycles. The van der Waals surface area contributed by atoms with Gasteiger partial charge in [-0.3, -0.25) is 43.9 Å². The van der Waals surface area contributed by atoms with Crippen molar-refractivity contribution >= 4 is 56.7 Å². The van der Waals surface area contributed by atoms with Gasteiger partial charge >= 0.3 is 0 Å². The van der Waals surface area contributed by atoms with E-state index in [0.29, 0.717) is 48.6 Å². The fourth-order valence-electron chi connectivity index (χ4n) is 7.86. The Balaban J connectivity index is 0.935. The maximum atomic E-state index is 14.0. The van der Waals surface area contributed by atoms with Gasteiger partial charge in [-0.05, 0) is 80.3 Å². The number of benzene rings is 3. The van der Waals surface area contributed by atoms with Gasteiger partial charge < -0.3 is 25.0 Å². The second kappa shape index (κ2) is 19.6. The van der Waals surface area contributed by atoms with Crippen molar-refractivity contribution in [2.45, 2.75) is 57.4 Å². The number of anilines is 2. The zero-order chi connectivity index (χ0) is 43.0. The third-order valence-corrected chi connectivity index (χ3v) is 11.8. The van der Waals surface area contributed by atoms with E-state index >= 15 is 0 Å². The molecular formula is C43H52N6O10S. The van der Waals surface area contributed by atoms with E-state index in [4.69, 9.17) is 9.47 Å². The van der Waals surface area contributed by atoms with Crippen molar-refractivity contribution in [3.8, 4) is 11.5 Å². The second-order valence-electron chi connectivity index (χ2n) is 15.3. The molecule has 60 heavy (non-hydrogen) atoms. The van der Waals surface area contributed by atoms with Gasteiger partial charge in [0.05, 0.1) is 54.8 Å². The molecular weight excluding hydrogens is 793 g/mol. The Labute approximate surface area is 349 Å². The number of piperidine rings is 1. The van der Waals surface area contributed by atoms with Crippen LogP contribution < -0.4 is 25.4 Å². The van der Waals surface area contributed by atoms with Gasteiger partial charge in [0.2, 0.25) is 23.6 Å². The lowest BCUT2D eigenvalue weighted by molar-refractivity contribution is -0.134. The largest absolute Gasteiger partial charge is 0.493 e. The summed E-state index contributed by atoms with van der Waals surface area (Å²) < 4.78 is 36.2. The number of amides is 6. The van der Waals surface area contributed by atoms with Crippen molar-refractivity contribution in [2.75, 3.05) is 75.6 Å². The molecule has 3 aliphatic rings. The van der Waals surface area contributed by atoms with E-state index in [1.807, 2.05) is 0 Å². The summed E-state index contributed by atoms with van der Waals surface area (Å²) in [7, 11) is -2.21. The molecule has 3 aromatic rings. The van der Waals surface area contributed by atoms with Crippen molar-refractivity contribution in [2.24, 2.45) is 0 Å². The van der Waals surface area contributed by atoms with Crippen molar-refractivity contribution in [3.63, 3.8) is 0 Å². The van der Waals surface area contributed by atoms with Gasteiger partial charge in [-0.2, -0.15) is 0 Å². The van der Waals surface area contributed by atoms with E-state index in [2.05, 4.69) is 25.8 Å². The number of unbranched alkanes of at least 4 members (excludes halogenated alkanes) is 2. The molecule has 0 bridgehead atoms. The number of carbonyl (C=O) groups is 6. The Morgan fingerprint density at radius 1 is 0.867 bits per heavy atom. The van der Waals surface area contributed by atoms with Crippen molar-refractivity contribution in [1.29, 1.82) is 0 Å². The highest BCUT2D eigenvalue weighted by Crippen LogP contribution is 2.38. The summed E-state index contributed by atoms with van der Waals surface area (Å²) in [5.41, 5.74) is 2.11. The van der Waals surface area contributed by atoms with Crippen LogP contribution in [0.3, 0.4) is 0 Å². The van der Waals surface area contributed by atoms with Crippen molar-refractivity contribution in [3.05, 3.63) is 82.9 Å². The number of rotatable bonds is 18. The Hall–Kier alpha value is -5.65. The number of nitrogens with zero attached hydrogens (tertiary/aromatic N) is 3. The number of fused-ring (bicyclic) bond motifs is 1. The average molecular weight is 845 g/mol. The van der Waals surface area contributed by atoms with Crippen molar-refractivity contribution in [1.82, 2.24) is 20.0 Å². The monoisotopic (exact) mass is 844 g/mol. The molecule has 6 rings (SSSR count). The van der Waals surface area contributed by atoms with E-state index < -0.39 is 33.4 Å². The molecule has 6 amide bonds. The molecule has 16 nitrogen and oxygen atoms in total. The lowest BCUT2D eigenvalue weighted by atomic mass is 9.90. The van der Waals surface area contributed by atoms with Crippen LogP contribution in [0.2, 0.25) is 0 Å². The number of carbonyl (C=O) groups excluding carboxylic acids is 6. The zero-order valence-electron chi connectivity index (χ0n) is 34.2. The fraction of sp³-hybridized carbons (Fsp3) is 0.442. The van der Waals surface area contributed by atoms with E-state index in [1.165, 1.54) is 13.2 Å². The highest BCUT2D eigenvalue weighted by Gasteiger charge is 2.43. The van der Waals surface area contributed by atoms with Gasteiger partial charge in [0, 0.05) is 51.0 Å². The number of sulfone groups is 1. The number of imide groups is 2. The lowest BCUT2D eigenvalue weighted by Gasteiger charge is -2.34. The molecule has 2 fully saturated rings. The summed E-state index contributed by atoms with van der Waals surface area (Å²) in [6.07, 6.45) is 4.32. The van der Waals surface area contributed by atoms with Gasteiger partial charge in [0.25, 0.3) is 11.8 Å². The molecule has 17 heteroatoms. The summed E-state index contributed by atoms with van der Waals surface area (Å²) in [4.78, 5) is 82.6. The fourth-order valence-corrected chi connectivity index (χ4v) is 8.78. The normalized spacial score (nSPS) is 17.9. The van der Waals surface area contributed by atoms with E-state index in [-0.39, 0.29) is 59.3 Å². The van der Waals surface area contributed by atoms with Crippen molar-refractivity contribution < 1.29 is 46.7 Å². The lowest BCUT2D eigenvalue weighted by Crippen LogP contribution is -2.48. The Kier molecular flexibility index (Phi) is 14.4. The summed E-state index contributed by atoms with van der Waals surface area (Å²) in [6, 6.07) is 15.4. The van der Waals surface area contributed by atoms with Crippen LogP contribution in [0.5, 0.6) is 11.5 Å². The maximum absolute atomic E-state index is 14.0. The number of hydrogen-bond donors (Lipinski definition) is 3. The first kappa shape index (κ1) is 43.9. The molecule has 0 spiro atoms. The first-order valence-corrected chi connectivity index (χ1v) is 22.3. The number of hydrogen-bond acceptors (Lipinski definition) is 12. The van der Waals surface area contributed by atoms with E-state index in [9.17, 15) is 37.2 Å². The Morgan fingerprint density at radius 2 is 1.60 bits per heavy atom. The molecule has 0 aliphatic carbocycles. The zero-order valence-corrected chi connectivity index (χ0v) is 35.0. The molecule has 3 heterocycles. The minimum Gasteiger partial charge on any atom is -0.493 e. The minimum atomic E-state index is -3.68. The summed E-state index contributed by atoms with van der Waals surface area (Å²) in [6.45, 7) is 6.33. The third-order valence-electron chi connectivity index (χ3n) is 10.9. The number of nitrogens with one attached hydrogen (secondary N) is 3. The SMILES string of the molecule is CCOc1cc(C(CS(C)(=O)=O)N2C(=O)c3cccc(NC(=O)CCCCCN4CCN(CC(=O)Nc5ccc(C6CCC(=O)NC6=O)cc5)CC4)c3C2=O)ccc1OC. The molecule has 0 radical (unpaired) electrons. The molecule has 3 N–H and O–H groups in total. The van der Waals surface area contributed by atoms with Crippen LogP contribution in [0.4, 0.5) is 11.4 Å². The molecule has 2 atom stereocenters. The van der Waals surface area contributed by atoms with E-state index in [0.717, 1.165) is 62.3 Å². The number of methoxy groups -OCH3 is 1. The molecule has 0 saturated carbocycles. The highest BCUT2D eigenvalue weighted by molar-refractivity contribution is 7.90. The van der Waals surface area contributed by atoms with Gasteiger partial charge in [0.15, 0.2) is 11.5 Å². The number of ether oxygens (including phenoxy) is 2. The maximum Gasteiger partial charge on any atom is 0.264 e. The summed E-state index contributed by atoms with van der Waals surface area (Å²) >= 11 is 0. The van der Waals surface area contributed by atoms with E-state index in [1.54, 1.807) is 61.5 Å². The average Bonchev–Trinajstić information content (AvgIpc) is 3.46. The smallest absolute Gasteiger partial charge is 0.264 e. The highest BCUT2D eigenvalue weighted by atomic mass is 32.2. The quantitative estimate of drug-likeness (QED) is 0.124. The third kappa shape index (κ3) is 10.9. The van der Waals surface area contributed by atoms with Crippen LogP contribution >= 0.6 is 0 Å². The predicted octanol–water partition coefficient (Wildman–Crippen LogP) is 3.75. The second-order valence-corrected chi connectivity index (χ2v) is 17.5. The molecule has 0 aromatic heterocycles. The van der Waals surface area contributed by atoms with Crippen LogP contribution in [0.1, 0.15) is 89.3 Å². The molecule has 2 unspecified atom stereocenters. The van der Waals surface area contributed by atoms with Crippen LogP contribution in [0, 0.1) is 0 Å². The number of piperazine rings is 1. The van der Waals surface area contributed by atoms with Gasteiger partial charge in [0.1, 0.15) is 9.84 Å². The van der Waals surface area contributed by atoms with Gasteiger partial charge in [-0.1, -0.05) is 30.7 Å². The first-order valence-electron chi connectivity index (χ1n) is 20.2. The molecule has 3 aromatic carbocycles. The standard InChI is InChI=1S/C43H52N6O10S/c1-4-59-36-25-29(14-18-35(36)58-2)34(27-60(3,56)57)49-42(54)32-9-8-10-33(40(32)43(49)55)45-37(50)11-6-5-7-20-47-21-23-48(24-22-47)26-39(52)44-30-15-12-28(13-16-30)31-17-19-38(51)46-41(31)53/h8-10,12-16,18,25,31,34H,4-7,11,17,19-24,26-27H2,1-3H3,(H,44,52)(H,45,50)(H,46,51,53). The van der Waals surface area contributed by atoms with Crippen LogP contribution in [-0.4, -0.2) is 124 Å². The van der Waals surface area contributed by atoms with Crippen LogP contribution in [0.15, 0.2) is 60.7 Å². The molecule has 320 valence electrons. The van der Waals surface area contributed by atoms with Crippen LogP contribution in [-0.2, 0) is 29.0 Å². The minimum absolute atomic E-state index is 0.0187. The molecule has 2 saturated heterocycles. The topological polar surface area (TPSA) is 201 Å².